The minimum atomic E-state index is -0.193. The molecule has 20 heavy (non-hydrogen) atoms. The van der Waals surface area contributed by atoms with Crippen LogP contribution in [0.3, 0.4) is 0 Å². The average molecular weight is 273 g/mol. The molecule has 0 aromatic heterocycles. The average Bonchev–Trinajstić information content (AvgIpc) is 2.48. The van der Waals surface area contributed by atoms with Gasteiger partial charge < -0.3 is 9.64 Å². The smallest absolute Gasteiger partial charge is 0.314 e. The Morgan fingerprint density at radius 2 is 1.85 bits per heavy atom. The van der Waals surface area contributed by atoms with Crippen molar-refractivity contribution in [1.82, 2.24) is 4.90 Å². The summed E-state index contributed by atoms with van der Waals surface area (Å²) in [6, 6.07) is 6.66. The zero-order valence-corrected chi connectivity index (χ0v) is 11.8. The summed E-state index contributed by atoms with van der Waals surface area (Å²) in [6.45, 7) is 0. The van der Waals surface area contributed by atoms with E-state index >= 15 is 0 Å². The lowest BCUT2D eigenvalue weighted by atomic mass is 9.95. The predicted octanol–water partition coefficient (Wildman–Crippen LogP) is 2.65. The molecule has 0 heterocycles. The molecular weight excluding hydrogens is 254 g/mol. The Kier molecular flexibility index (Phi) is 4.56. The number of esters is 1. The molecule has 0 saturated heterocycles. The second kappa shape index (κ2) is 6.37. The van der Waals surface area contributed by atoms with Gasteiger partial charge in [-0.2, -0.15) is 0 Å². The molecule has 1 atom stereocenters. The van der Waals surface area contributed by atoms with Gasteiger partial charge in [-0.05, 0) is 43.5 Å². The third-order valence-electron chi connectivity index (χ3n) is 3.33. The van der Waals surface area contributed by atoms with Crippen LogP contribution in [0.15, 0.2) is 36.4 Å². The first-order valence-electron chi connectivity index (χ1n) is 6.76. The summed E-state index contributed by atoms with van der Waals surface area (Å²) in [7, 11) is 3.40. The number of hydrogen-bond donors (Lipinski definition) is 0. The van der Waals surface area contributed by atoms with E-state index < -0.39 is 0 Å². The van der Waals surface area contributed by atoms with Gasteiger partial charge in [-0.25, -0.2) is 0 Å². The van der Waals surface area contributed by atoms with Gasteiger partial charge in [-0.1, -0.05) is 12.2 Å². The van der Waals surface area contributed by atoms with E-state index in [1.807, 2.05) is 6.08 Å². The van der Waals surface area contributed by atoms with Crippen molar-refractivity contribution in [2.75, 3.05) is 14.1 Å². The zero-order chi connectivity index (χ0) is 14.5. The maximum absolute atomic E-state index is 12.0. The summed E-state index contributed by atoms with van der Waals surface area (Å²) in [5.41, 5.74) is 0.579. The van der Waals surface area contributed by atoms with Gasteiger partial charge in [0, 0.05) is 19.7 Å². The minimum absolute atomic E-state index is 0.0527. The molecule has 1 aliphatic rings. The van der Waals surface area contributed by atoms with Crippen LogP contribution in [-0.4, -0.2) is 30.9 Å². The molecule has 1 aliphatic carbocycles. The van der Waals surface area contributed by atoms with Gasteiger partial charge in [0.05, 0.1) is 5.92 Å². The highest BCUT2D eigenvalue weighted by molar-refractivity contribution is 5.94. The summed E-state index contributed by atoms with van der Waals surface area (Å²) < 4.78 is 5.35. The zero-order valence-electron chi connectivity index (χ0n) is 11.8. The largest absolute Gasteiger partial charge is 0.426 e. The van der Waals surface area contributed by atoms with E-state index in [-0.39, 0.29) is 17.8 Å². The molecule has 0 radical (unpaired) electrons. The van der Waals surface area contributed by atoms with Crippen LogP contribution in [0.5, 0.6) is 5.75 Å². The number of carbonyl (C=O) groups is 2. The fourth-order valence-corrected chi connectivity index (χ4v) is 2.13. The highest BCUT2D eigenvalue weighted by Crippen LogP contribution is 2.21. The van der Waals surface area contributed by atoms with Crippen LogP contribution in [0.4, 0.5) is 0 Å². The highest BCUT2D eigenvalue weighted by atomic mass is 16.5. The van der Waals surface area contributed by atoms with Gasteiger partial charge in [0.15, 0.2) is 0 Å². The van der Waals surface area contributed by atoms with Crippen LogP contribution >= 0.6 is 0 Å². The Morgan fingerprint density at radius 3 is 2.40 bits per heavy atom. The van der Waals surface area contributed by atoms with E-state index in [9.17, 15) is 9.59 Å². The number of benzene rings is 1. The van der Waals surface area contributed by atoms with Crippen LogP contribution in [0.25, 0.3) is 0 Å². The number of ether oxygens (including phenoxy) is 1. The molecule has 1 unspecified atom stereocenters. The Balaban J connectivity index is 1.98. The monoisotopic (exact) mass is 273 g/mol. The Labute approximate surface area is 119 Å². The molecule has 0 spiro atoms. The molecule has 2 rings (SSSR count). The van der Waals surface area contributed by atoms with Crippen molar-refractivity contribution in [2.45, 2.75) is 19.3 Å². The van der Waals surface area contributed by atoms with Gasteiger partial charge >= 0.3 is 5.97 Å². The molecule has 1 amide bonds. The molecule has 0 N–H and O–H groups in total. The second-order valence-corrected chi connectivity index (χ2v) is 5.13. The van der Waals surface area contributed by atoms with Crippen molar-refractivity contribution >= 4 is 11.9 Å². The highest BCUT2D eigenvalue weighted by Gasteiger charge is 2.20. The number of amides is 1. The minimum Gasteiger partial charge on any atom is -0.426 e. The summed E-state index contributed by atoms with van der Waals surface area (Å²) in [5, 5.41) is 0. The fraction of sp³-hybridized carbons (Fsp3) is 0.375. The summed E-state index contributed by atoms with van der Waals surface area (Å²) in [5.74, 6) is 0.171. The SMILES string of the molecule is CN(C)C(=O)c1ccc(OC(=O)C2CC=CCC2)cc1. The molecule has 4 heteroatoms. The lowest BCUT2D eigenvalue weighted by Gasteiger charge is -2.16. The maximum Gasteiger partial charge on any atom is 0.314 e. The topological polar surface area (TPSA) is 46.6 Å². The van der Waals surface area contributed by atoms with Crippen molar-refractivity contribution in [1.29, 1.82) is 0 Å². The number of rotatable bonds is 3. The van der Waals surface area contributed by atoms with Crippen LogP contribution in [0.2, 0.25) is 0 Å². The maximum atomic E-state index is 12.0. The van der Waals surface area contributed by atoms with Crippen molar-refractivity contribution in [3.8, 4) is 5.75 Å². The van der Waals surface area contributed by atoms with Crippen molar-refractivity contribution in [3.05, 3.63) is 42.0 Å². The molecule has 0 aliphatic heterocycles. The van der Waals surface area contributed by atoms with E-state index in [2.05, 4.69) is 6.08 Å². The van der Waals surface area contributed by atoms with Crippen LogP contribution < -0.4 is 4.74 Å². The standard InChI is InChI=1S/C16H19NO3/c1-17(2)15(18)12-8-10-14(11-9-12)20-16(19)13-6-4-3-5-7-13/h3-4,8-11,13H,5-7H2,1-2H3. The fourth-order valence-electron chi connectivity index (χ4n) is 2.13. The van der Waals surface area contributed by atoms with Gasteiger partial charge in [-0.15, -0.1) is 0 Å². The third kappa shape index (κ3) is 3.47. The predicted molar refractivity (Wildman–Crippen MR) is 76.6 cm³/mol. The Morgan fingerprint density at radius 1 is 1.15 bits per heavy atom. The van der Waals surface area contributed by atoms with Crippen LogP contribution in [-0.2, 0) is 4.79 Å². The Hall–Kier alpha value is -2.10. The van der Waals surface area contributed by atoms with Crippen LogP contribution in [0.1, 0.15) is 29.6 Å². The molecule has 1 aromatic rings. The number of nitrogens with zero attached hydrogens (tertiary/aromatic N) is 1. The van der Waals surface area contributed by atoms with E-state index in [1.54, 1.807) is 38.4 Å². The summed E-state index contributed by atoms with van der Waals surface area (Å²) >= 11 is 0. The molecular formula is C16H19NO3. The number of carbonyl (C=O) groups excluding carboxylic acids is 2. The van der Waals surface area contributed by atoms with E-state index in [4.69, 9.17) is 4.74 Å². The quantitative estimate of drug-likeness (QED) is 0.483. The second-order valence-electron chi connectivity index (χ2n) is 5.13. The molecule has 1 aromatic carbocycles. The first kappa shape index (κ1) is 14.3. The van der Waals surface area contributed by atoms with Crippen molar-refractivity contribution in [3.63, 3.8) is 0 Å². The first-order chi connectivity index (χ1) is 9.58. The summed E-state index contributed by atoms with van der Waals surface area (Å²) in [4.78, 5) is 25.2. The van der Waals surface area contributed by atoms with Crippen molar-refractivity contribution in [2.24, 2.45) is 5.92 Å². The molecule has 0 fully saturated rings. The van der Waals surface area contributed by atoms with Crippen molar-refractivity contribution < 1.29 is 14.3 Å². The first-order valence-corrected chi connectivity index (χ1v) is 6.76. The van der Waals surface area contributed by atoms with Gasteiger partial charge in [-0.3, -0.25) is 9.59 Å². The summed E-state index contributed by atoms with van der Waals surface area (Å²) in [6.07, 6.45) is 6.62. The van der Waals surface area contributed by atoms with Gasteiger partial charge in [0.2, 0.25) is 0 Å². The lowest BCUT2D eigenvalue weighted by molar-refractivity contribution is -0.139. The molecule has 4 nitrogen and oxygen atoms in total. The lowest BCUT2D eigenvalue weighted by Crippen LogP contribution is -2.22. The third-order valence-corrected chi connectivity index (χ3v) is 3.33. The van der Waals surface area contributed by atoms with E-state index in [0.29, 0.717) is 11.3 Å². The van der Waals surface area contributed by atoms with E-state index in [0.717, 1.165) is 19.3 Å². The number of allylic oxidation sites excluding steroid dienone is 2. The van der Waals surface area contributed by atoms with Gasteiger partial charge in [0.1, 0.15) is 5.75 Å². The molecule has 106 valence electrons. The van der Waals surface area contributed by atoms with Crippen LogP contribution in [0, 0.1) is 5.92 Å². The van der Waals surface area contributed by atoms with E-state index in [1.165, 1.54) is 4.90 Å². The van der Waals surface area contributed by atoms with Gasteiger partial charge in [0.25, 0.3) is 5.91 Å². The Bertz CT molecular complexity index is 517. The normalized spacial score (nSPS) is 17.6. The molecule has 0 bridgehead atoms. The molecule has 0 saturated carbocycles. The number of hydrogen-bond acceptors (Lipinski definition) is 3.